The SMILES string of the molecule is CSCCNC(=O)C1CC1. The van der Waals surface area contributed by atoms with Crippen LogP contribution in [-0.4, -0.2) is 24.5 Å². The molecule has 0 radical (unpaired) electrons. The highest BCUT2D eigenvalue weighted by atomic mass is 32.2. The molecule has 0 saturated heterocycles. The van der Waals surface area contributed by atoms with Gasteiger partial charge in [0.05, 0.1) is 0 Å². The molecule has 58 valence electrons. The number of hydrogen-bond donors (Lipinski definition) is 1. The Labute approximate surface area is 65.8 Å². The van der Waals surface area contributed by atoms with E-state index in [4.69, 9.17) is 0 Å². The highest BCUT2D eigenvalue weighted by molar-refractivity contribution is 7.98. The van der Waals surface area contributed by atoms with E-state index in [0.29, 0.717) is 5.92 Å². The minimum atomic E-state index is 0.258. The number of hydrogen-bond acceptors (Lipinski definition) is 2. The molecule has 1 fully saturated rings. The van der Waals surface area contributed by atoms with E-state index in [2.05, 4.69) is 5.32 Å². The Morgan fingerprint density at radius 2 is 2.40 bits per heavy atom. The predicted molar refractivity (Wildman–Crippen MR) is 44.1 cm³/mol. The van der Waals surface area contributed by atoms with Gasteiger partial charge in [-0.15, -0.1) is 0 Å². The molecule has 10 heavy (non-hydrogen) atoms. The molecule has 0 atom stereocenters. The molecule has 0 unspecified atom stereocenters. The second-order valence-corrected chi connectivity index (χ2v) is 3.54. The average Bonchev–Trinajstić information content (AvgIpc) is 2.69. The third-order valence-corrected chi connectivity index (χ3v) is 2.17. The molecular weight excluding hydrogens is 146 g/mol. The van der Waals surface area contributed by atoms with Crippen LogP contribution in [0.15, 0.2) is 0 Å². The number of rotatable bonds is 4. The Morgan fingerprint density at radius 3 is 2.90 bits per heavy atom. The van der Waals surface area contributed by atoms with Gasteiger partial charge in [0.1, 0.15) is 0 Å². The lowest BCUT2D eigenvalue weighted by Gasteiger charge is -2.00. The molecule has 1 N–H and O–H groups in total. The summed E-state index contributed by atoms with van der Waals surface area (Å²) in [6.07, 6.45) is 4.25. The second-order valence-electron chi connectivity index (χ2n) is 2.56. The molecule has 0 aliphatic heterocycles. The van der Waals surface area contributed by atoms with Crippen LogP contribution >= 0.6 is 11.8 Å². The molecule has 1 aliphatic rings. The van der Waals surface area contributed by atoms with Gasteiger partial charge in [-0.05, 0) is 19.1 Å². The van der Waals surface area contributed by atoms with Crippen LogP contribution in [0, 0.1) is 5.92 Å². The molecule has 2 nitrogen and oxygen atoms in total. The first kappa shape index (κ1) is 7.92. The van der Waals surface area contributed by atoms with Gasteiger partial charge >= 0.3 is 0 Å². The Hall–Kier alpha value is -0.180. The van der Waals surface area contributed by atoms with Gasteiger partial charge in [0.25, 0.3) is 0 Å². The first-order valence-corrected chi connectivity index (χ1v) is 5.00. The van der Waals surface area contributed by atoms with E-state index in [0.717, 1.165) is 25.1 Å². The zero-order valence-electron chi connectivity index (χ0n) is 6.22. The molecule has 1 amide bonds. The molecule has 1 rings (SSSR count). The summed E-state index contributed by atoms with van der Waals surface area (Å²) < 4.78 is 0. The zero-order chi connectivity index (χ0) is 7.40. The maximum Gasteiger partial charge on any atom is 0.223 e. The number of carbonyl (C=O) groups excluding carboxylic acids is 1. The lowest BCUT2D eigenvalue weighted by atomic mass is 10.4. The normalized spacial score (nSPS) is 16.9. The lowest BCUT2D eigenvalue weighted by molar-refractivity contribution is -0.122. The van der Waals surface area contributed by atoms with Crippen molar-refractivity contribution < 1.29 is 4.79 Å². The van der Waals surface area contributed by atoms with Crippen molar-refractivity contribution in [1.29, 1.82) is 0 Å². The molecule has 3 heteroatoms. The topological polar surface area (TPSA) is 29.1 Å². The van der Waals surface area contributed by atoms with Crippen molar-refractivity contribution in [2.45, 2.75) is 12.8 Å². The first-order valence-electron chi connectivity index (χ1n) is 3.61. The number of carbonyl (C=O) groups is 1. The van der Waals surface area contributed by atoms with Crippen molar-refractivity contribution >= 4 is 17.7 Å². The first-order chi connectivity index (χ1) is 4.84. The van der Waals surface area contributed by atoms with E-state index in [9.17, 15) is 4.79 Å². The van der Waals surface area contributed by atoms with E-state index in [1.54, 1.807) is 11.8 Å². The maximum absolute atomic E-state index is 11.0. The van der Waals surface area contributed by atoms with E-state index in [1.807, 2.05) is 6.26 Å². The third-order valence-electron chi connectivity index (χ3n) is 1.55. The summed E-state index contributed by atoms with van der Waals surface area (Å²) >= 11 is 1.76. The van der Waals surface area contributed by atoms with Crippen molar-refractivity contribution in [2.24, 2.45) is 5.92 Å². The van der Waals surface area contributed by atoms with E-state index >= 15 is 0 Å². The van der Waals surface area contributed by atoms with Crippen molar-refractivity contribution in [3.8, 4) is 0 Å². The molecule has 0 aromatic carbocycles. The van der Waals surface area contributed by atoms with Gasteiger partial charge < -0.3 is 5.32 Å². The van der Waals surface area contributed by atoms with Crippen LogP contribution in [0.5, 0.6) is 0 Å². The summed E-state index contributed by atoms with van der Waals surface area (Å²) in [6.45, 7) is 0.830. The average molecular weight is 159 g/mol. The van der Waals surface area contributed by atoms with Gasteiger partial charge in [-0.1, -0.05) is 0 Å². The molecule has 0 aromatic rings. The monoisotopic (exact) mass is 159 g/mol. The summed E-state index contributed by atoms with van der Waals surface area (Å²) in [5, 5.41) is 2.89. The third kappa shape index (κ3) is 2.60. The van der Waals surface area contributed by atoms with Gasteiger partial charge in [0.2, 0.25) is 5.91 Å². The molecular formula is C7H13NOS. The highest BCUT2D eigenvalue weighted by Gasteiger charge is 2.28. The molecule has 0 bridgehead atoms. The van der Waals surface area contributed by atoms with Crippen molar-refractivity contribution in [3.05, 3.63) is 0 Å². The second kappa shape index (κ2) is 3.86. The number of nitrogens with one attached hydrogen (secondary N) is 1. The van der Waals surface area contributed by atoms with Gasteiger partial charge in [-0.2, -0.15) is 11.8 Å². The fraction of sp³-hybridized carbons (Fsp3) is 0.857. The number of thioether (sulfide) groups is 1. The minimum Gasteiger partial charge on any atom is -0.355 e. The smallest absolute Gasteiger partial charge is 0.223 e. The predicted octanol–water partition coefficient (Wildman–Crippen LogP) is 0.876. The standard InChI is InChI=1S/C7H13NOS/c1-10-5-4-8-7(9)6-2-3-6/h6H,2-5H2,1H3,(H,8,9). The van der Waals surface area contributed by atoms with Crippen LogP contribution in [0.25, 0.3) is 0 Å². The summed E-state index contributed by atoms with van der Waals surface area (Å²) in [5.41, 5.74) is 0. The van der Waals surface area contributed by atoms with Crippen LogP contribution < -0.4 is 5.32 Å². The van der Waals surface area contributed by atoms with Gasteiger partial charge in [-0.25, -0.2) is 0 Å². The fourth-order valence-electron chi connectivity index (χ4n) is 0.766. The highest BCUT2D eigenvalue weighted by Crippen LogP contribution is 2.28. The quantitative estimate of drug-likeness (QED) is 0.617. The lowest BCUT2D eigenvalue weighted by Crippen LogP contribution is -2.26. The Bertz CT molecular complexity index is 123. The van der Waals surface area contributed by atoms with Crippen LogP contribution in [0.3, 0.4) is 0 Å². The van der Waals surface area contributed by atoms with Crippen LogP contribution in [0.2, 0.25) is 0 Å². The molecule has 0 aromatic heterocycles. The Kier molecular flexibility index (Phi) is 3.06. The van der Waals surface area contributed by atoms with Crippen LogP contribution in [-0.2, 0) is 4.79 Å². The summed E-state index contributed by atoms with van der Waals surface area (Å²) in [4.78, 5) is 11.0. The van der Waals surface area contributed by atoms with Crippen molar-refractivity contribution in [3.63, 3.8) is 0 Å². The molecule has 0 heterocycles. The van der Waals surface area contributed by atoms with Crippen molar-refractivity contribution in [1.82, 2.24) is 5.32 Å². The van der Waals surface area contributed by atoms with Crippen molar-refractivity contribution in [2.75, 3.05) is 18.6 Å². The van der Waals surface area contributed by atoms with Gasteiger partial charge in [-0.3, -0.25) is 4.79 Å². The fourth-order valence-corrected chi connectivity index (χ4v) is 1.07. The van der Waals surface area contributed by atoms with Crippen LogP contribution in [0.1, 0.15) is 12.8 Å². The van der Waals surface area contributed by atoms with E-state index in [1.165, 1.54) is 0 Å². The van der Waals surface area contributed by atoms with E-state index < -0.39 is 0 Å². The molecule has 0 spiro atoms. The minimum absolute atomic E-state index is 0.258. The summed E-state index contributed by atoms with van der Waals surface area (Å²) in [6, 6.07) is 0. The molecule has 1 aliphatic carbocycles. The zero-order valence-corrected chi connectivity index (χ0v) is 7.04. The largest absolute Gasteiger partial charge is 0.355 e. The molecule has 1 saturated carbocycles. The summed E-state index contributed by atoms with van der Waals surface area (Å²) in [7, 11) is 0. The van der Waals surface area contributed by atoms with E-state index in [-0.39, 0.29) is 5.91 Å². The Morgan fingerprint density at radius 1 is 1.70 bits per heavy atom. The maximum atomic E-state index is 11.0. The van der Waals surface area contributed by atoms with Crippen LogP contribution in [0.4, 0.5) is 0 Å². The Balaban J connectivity index is 1.95. The van der Waals surface area contributed by atoms with Gasteiger partial charge in [0.15, 0.2) is 0 Å². The van der Waals surface area contributed by atoms with Gasteiger partial charge in [0, 0.05) is 18.2 Å². The number of amides is 1. The summed E-state index contributed by atoms with van der Waals surface area (Å²) in [5.74, 6) is 1.65.